The molecule has 0 aromatic carbocycles. The molecule has 0 atom stereocenters. The fourth-order valence-electron chi connectivity index (χ4n) is 0. The van der Waals surface area contributed by atoms with Crippen LogP contribution in [0.1, 0.15) is 0 Å². The van der Waals surface area contributed by atoms with Crippen molar-refractivity contribution >= 4 is 29.6 Å². The molecule has 0 spiro atoms. The van der Waals surface area contributed by atoms with Crippen LogP contribution in [-0.4, -0.2) is 29.6 Å². The molecule has 0 aliphatic rings. The van der Waals surface area contributed by atoms with Crippen molar-refractivity contribution in [3.8, 4) is 0 Å². The van der Waals surface area contributed by atoms with Crippen molar-refractivity contribution in [2.75, 3.05) is 0 Å². The first-order valence-electron chi connectivity index (χ1n) is 0. The Bertz CT molecular complexity index is 7.51. The summed E-state index contributed by atoms with van der Waals surface area (Å²) in [4.78, 5) is 0. The van der Waals surface area contributed by atoms with Crippen molar-refractivity contribution in [1.82, 2.24) is 0 Å². The zero-order valence-electron chi connectivity index (χ0n) is 2.13. The molecule has 0 saturated heterocycles. The second-order valence-corrected chi connectivity index (χ2v) is 0. The van der Waals surface area contributed by atoms with E-state index in [0.717, 1.165) is 0 Å². The van der Waals surface area contributed by atoms with Crippen LogP contribution in [0.2, 0.25) is 0 Å². The Kier molecular flexibility index (Phi) is 1730. The molecule has 0 fully saturated rings. The van der Waals surface area contributed by atoms with Gasteiger partial charge < -0.3 is 0 Å². The molecule has 0 N–H and O–H groups in total. The summed E-state index contributed by atoms with van der Waals surface area (Å²) in [6, 6.07) is 0. The summed E-state index contributed by atoms with van der Waals surface area (Å²) in [7, 11) is 0. The first-order chi connectivity index (χ1) is 0. The smallest absolute Gasteiger partial charge is 0 e. The summed E-state index contributed by atoms with van der Waals surface area (Å²) >= 11 is 0. The van der Waals surface area contributed by atoms with Crippen LogP contribution in [0.25, 0.3) is 0 Å². The van der Waals surface area contributed by atoms with Crippen LogP contribution in [0.5, 0.6) is 0 Å². The molecule has 0 aromatic rings. The van der Waals surface area contributed by atoms with Crippen LogP contribution >= 0.6 is 0 Å². The van der Waals surface area contributed by atoms with E-state index in [1.54, 1.807) is 0 Å². The van der Waals surface area contributed by atoms with E-state index in [-0.39, 0.29) is 74.6 Å². The molecule has 0 saturated carbocycles. The Morgan fingerprint density at radius 2 is 0.500 bits per heavy atom. The molecule has 0 aliphatic heterocycles. The van der Waals surface area contributed by atoms with Crippen molar-refractivity contribution in [2.24, 2.45) is 0 Å². The van der Waals surface area contributed by atoms with E-state index in [4.69, 9.17) is 0 Å². The maximum Gasteiger partial charge on any atom is 0 e. The van der Waals surface area contributed by atoms with Gasteiger partial charge in [0, 0.05) is 26.2 Å². The Morgan fingerprint density at radius 1 is 0.500 bits per heavy atom. The predicted octanol–water partition coefficient (Wildman–Crippen LogP) is -0.0410. The fraction of sp³-hybridized carbons (Fsp3) is 0. The largest absolute Gasteiger partial charge is 0 e. The predicted molar refractivity (Wildman–Crippen MR) is 17.2 cm³/mol. The van der Waals surface area contributed by atoms with Gasteiger partial charge in [-0.2, -0.15) is 0 Å². The van der Waals surface area contributed by atoms with Gasteiger partial charge in [-0.05, 0) is 0 Å². The molecule has 6 heavy (non-hydrogen) atoms. The van der Waals surface area contributed by atoms with Crippen LogP contribution < -0.4 is 0 Å². The number of rotatable bonds is 0. The monoisotopic (exact) mass is 194 g/mol. The van der Waals surface area contributed by atoms with Crippen molar-refractivity contribution in [3.05, 3.63) is 0 Å². The Labute approximate surface area is 73.9 Å². The van der Waals surface area contributed by atoms with Crippen LogP contribution in [0.15, 0.2) is 0 Å². The van der Waals surface area contributed by atoms with E-state index in [9.17, 15) is 0 Å². The third kappa shape index (κ3) is 46.2. The minimum atomic E-state index is 0. The van der Waals surface area contributed by atoms with Gasteiger partial charge in [-0.15, -0.1) is 0 Å². The third-order valence-electron chi connectivity index (χ3n) is 0. The van der Waals surface area contributed by atoms with Crippen molar-refractivity contribution in [2.45, 2.75) is 0 Å². The second kappa shape index (κ2) is 80.7. The van der Waals surface area contributed by atoms with E-state index in [1.807, 2.05) is 0 Å². The van der Waals surface area contributed by atoms with Gasteiger partial charge in [0.05, 0.1) is 0 Å². The average Bonchev–Trinajstić information content (AvgIpc) is 0. The number of hydrogen-bond donors (Lipinski definition) is 0. The summed E-state index contributed by atoms with van der Waals surface area (Å²) in [6.07, 6.45) is 0. The van der Waals surface area contributed by atoms with E-state index >= 15 is 0 Å². The fourth-order valence-corrected chi connectivity index (χ4v) is 0. The van der Waals surface area contributed by atoms with Crippen LogP contribution in [0, 0.1) is 0 Å². The molecule has 38 valence electrons. The molecule has 0 aromatic heterocycles. The first-order valence-corrected chi connectivity index (χ1v) is 0. The maximum absolute atomic E-state index is 0. The summed E-state index contributed by atoms with van der Waals surface area (Å²) in [5.74, 6) is 0. The van der Waals surface area contributed by atoms with E-state index < -0.39 is 0 Å². The van der Waals surface area contributed by atoms with Crippen molar-refractivity contribution < 1.29 is 45.0 Å². The zero-order valence-corrected chi connectivity index (χ0v) is 4.59. The molecule has 6 heteroatoms. The minimum absolute atomic E-state index is 0. The normalized spacial score (nSPS) is 0. The van der Waals surface area contributed by atoms with E-state index in [0.29, 0.717) is 0 Å². The summed E-state index contributed by atoms with van der Waals surface area (Å²) in [5, 5.41) is 0. The second-order valence-electron chi connectivity index (χ2n) is 0. The van der Waals surface area contributed by atoms with Gasteiger partial charge in [0.1, 0.15) is 0 Å². The molecule has 0 amide bonds. The van der Waals surface area contributed by atoms with Gasteiger partial charge in [0.25, 0.3) is 0 Å². The van der Waals surface area contributed by atoms with Gasteiger partial charge in [-0.25, -0.2) is 0 Å². The molecule has 0 bridgehead atoms. The summed E-state index contributed by atoms with van der Waals surface area (Å²) < 4.78 is 0. The Morgan fingerprint density at radius 3 is 0.500 bits per heavy atom. The minimum Gasteiger partial charge on any atom is 0 e. The van der Waals surface area contributed by atoms with E-state index in [2.05, 4.69) is 0 Å². The van der Waals surface area contributed by atoms with Crippen molar-refractivity contribution in [3.63, 3.8) is 0 Å². The van der Waals surface area contributed by atoms with Gasteiger partial charge in [0.2, 0.25) is 0 Å². The summed E-state index contributed by atoms with van der Waals surface area (Å²) in [6.45, 7) is 0. The molecular weight excluding hydrogens is 190 g/mol. The maximum atomic E-state index is 0. The molecule has 0 radical (unpaired) electrons. The summed E-state index contributed by atoms with van der Waals surface area (Å²) in [5.41, 5.74) is 0. The molecular formula is H5F4NaZr. The van der Waals surface area contributed by atoms with Gasteiger partial charge >= 0.3 is 29.6 Å². The number of hydrogen-bond acceptors (Lipinski definition) is 0. The van der Waals surface area contributed by atoms with Crippen LogP contribution in [0.3, 0.4) is 0 Å². The topological polar surface area (TPSA) is 0 Å². The van der Waals surface area contributed by atoms with E-state index in [1.165, 1.54) is 0 Å². The van der Waals surface area contributed by atoms with Crippen LogP contribution in [-0.2, 0) is 26.2 Å². The van der Waals surface area contributed by atoms with Crippen molar-refractivity contribution in [1.29, 1.82) is 0 Å². The Balaban J connectivity index is 0. The SMILES string of the molecule is F.F.F.F.[NaH].[Zr]. The molecule has 0 heterocycles. The number of halogens is 4. The molecule has 0 nitrogen and oxygen atoms in total. The molecule has 0 unspecified atom stereocenters. The zero-order chi connectivity index (χ0) is 0. The molecule has 0 rings (SSSR count). The third-order valence-corrected chi connectivity index (χ3v) is 0. The van der Waals surface area contributed by atoms with Gasteiger partial charge in [-0.3, -0.25) is 18.8 Å². The quantitative estimate of drug-likeness (QED) is 0.376. The van der Waals surface area contributed by atoms with Crippen LogP contribution in [0.4, 0.5) is 18.8 Å². The molecule has 0 aliphatic carbocycles. The first kappa shape index (κ1) is 129. The average molecular weight is 195 g/mol. The van der Waals surface area contributed by atoms with Gasteiger partial charge in [0.15, 0.2) is 0 Å². The van der Waals surface area contributed by atoms with Gasteiger partial charge in [-0.1, -0.05) is 0 Å². The standard InChI is InChI=1S/4FH.Na.Zr.H/h4*1H;;;. The Hall–Kier alpha value is 1.60.